The Morgan fingerprint density at radius 2 is 1.67 bits per heavy atom. The van der Waals surface area contributed by atoms with Gasteiger partial charge in [-0.15, -0.1) is 0 Å². The van der Waals surface area contributed by atoms with Crippen molar-refractivity contribution in [2.24, 2.45) is 5.92 Å². The van der Waals surface area contributed by atoms with Crippen LogP contribution in [0.1, 0.15) is 12.8 Å². The van der Waals surface area contributed by atoms with E-state index in [1.165, 1.54) is 16.4 Å². The van der Waals surface area contributed by atoms with E-state index in [9.17, 15) is 13.2 Å². The van der Waals surface area contributed by atoms with Crippen molar-refractivity contribution in [3.63, 3.8) is 0 Å². The zero-order chi connectivity index (χ0) is 23.1. The Kier molecular flexibility index (Phi) is 7.73. The largest absolute Gasteiger partial charge is 0.490 e. The second kappa shape index (κ2) is 10.9. The maximum atomic E-state index is 12.6. The quantitative estimate of drug-likeness (QED) is 0.411. The molecule has 1 aromatic carbocycles. The molecule has 0 aliphatic carbocycles. The number of nitrogens with zero attached hydrogens (tertiary/aromatic N) is 4. The summed E-state index contributed by atoms with van der Waals surface area (Å²) >= 11 is 0. The summed E-state index contributed by atoms with van der Waals surface area (Å²) in [7, 11) is -3.53. The molecule has 0 unspecified atom stereocenters. The molecule has 2 aliphatic heterocycles. The number of carbonyl (C=O) groups excluding carboxylic acids is 1. The zero-order valence-corrected chi connectivity index (χ0v) is 19.2. The maximum absolute atomic E-state index is 12.6. The second-order valence-corrected chi connectivity index (χ2v) is 9.75. The van der Waals surface area contributed by atoms with Crippen LogP contribution >= 0.6 is 0 Å². The fraction of sp³-hybridized carbons (Fsp3) is 0.500. The second-order valence-electron chi connectivity index (χ2n) is 7.81. The number of piperidine rings is 1. The number of rotatable bonds is 8. The number of hydrogen-bond acceptors (Lipinski definition) is 9. The molecular formula is C22H28N4O6S. The van der Waals surface area contributed by atoms with Gasteiger partial charge in [0.05, 0.1) is 24.0 Å². The van der Waals surface area contributed by atoms with Gasteiger partial charge < -0.3 is 19.1 Å². The van der Waals surface area contributed by atoms with Gasteiger partial charge in [-0.2, -0.15) is 4.31 Å². The summed E-state index contributed by atoms with van der Waals surface area (Å²) in [6, 6.07) is 8.04. The minimum atomic E-state index is -3.53. The van der Waals surface area contributed by atoms with Crippen molar-refractivity contribution < 1.29 is 27.4 Å². The number of morpholine rings is 1. The smallest absolute Gasteiger partial charge is 0.309 e. The van der Waals surface area contributed by atoms with Gasteiger partial charge in [0.15, 0.2) is 0 Å². The summed E-state index contributed by atoms with van der Waals surface area (Å²) in [5, 5.41) is 0. The van der Waals surface area contributed by atoms with Crippen LogP contribution in [0.5, 0.6) is 5.75 Å². The van der Waals surface area contributed by atoms with Crippen LogP contribution in [0.25, 0.3) is 0 Å². The Hall–Kier alpha value is -2.76. The molecule has 2 saturated heterocycles. The Labute approximate surface area is 193 Å². The molecule has 0 spiro atoms. The molecule has 0 saturated carbocycles. The third kappa shape index (κ3) is 5.98. The first-order valence-electron chi connectivity index (χ1n) is 11.0. The normalized spacial score (nSPS) is 18.1. The number of ether oxygens (including phenoxy) is 3. The average Bonchev–Trinajstić information content (AvgIpc) is 2.88. The molecule has 2 aromatic rings. The standard InChI is InChI=1S/C22H28N4O6S/c27-21(18-6-10-25(11-7-18)22-23-8-1-9-24-22)32-17-16-31-19-2-4-20(5-3-19)33(28,29)26-12-14-30-15-13-26/h1-5,8-9,18H,6-7,10-17H2. The predicted molar refractivity (Wildman–Crippen MR) is 119 cm³/mol. The van der Waals surface area contributed by atoms with Crippen LogP contribution in [-0.2, 0) is 24.3 Å². The number of benzene rings is 1. The topological polar surface area (TPSA) is 111 Å². The molecule has 0 atom stereocenters. The fourth-order valence-electron chi connectivity index (χ4n) is 3.83. The van der Waals surface area contributed by atoms with Crippen LogP contribution in [0.15, 0.2) is 47.6 Å². The van der Waals surface area contributed by atoms with Gasteiger partial charge in [-0.25, -0.2) is 18.4 Å². The van der Waals surface area contributed by atoms with E-state index in [2.05, 4.69) is 14.9 Å². The van der Waals surface area contributed by atoms with Crippen molar-refractivity contribution in [1.82, 2.24) is 14.3 Å². The van der Waals surface area contributed by atoms with Gasteiger partial charge in [-0.1, -0.05) is 0 Å². The van der Waals surface area contributed by atoms with E-state index in [1.54, 1.807) is 30.6 Å². The van der Waals surface area contributed by atoms with Gasteiger partial charge in [0, 0.05) is 38.6 Å². The molecule has 4 rings (SSSR count). The van der Waals surface area contributed by atoms with Gasteiger partial charge in [-0.05, 0) is 43.2 Å². The third-order valence-electron chi connectivity index (χ3n) is 5.69. The Bertz CT molecular complexity index is 1000. The van der Waals surface area contributed by atoms with E-state index >= 15 is 0 Å². The van der Waals surface area contributed by atoms with E-state index < -0.39 is 10.0 Å². The monoisotopic (exact) mass is 476 g/mol. The van der Waals surface area contributed by atoms with Crippen LogP contribution in [0.3, 0.4) is 0 Å². The molecule has 1 aromatic heterocycles. The van der Waals surface area contributed by atoms with Crippen molar-refractivity contribution in [3.05, 3.63) is 42.7 Å². The lowest BCUT2D eigenvalue weighted by Gasteiger charge is -2.30. The van der Waals surface area contributed by atoms with E-state index in [0.29, 0.717) is 63.9 Å². The lowest BCUT2D eigenvalue weighted by Crippen LogP contribution is -2.40. The number of hydrogen-bond donors (Lipinski definition) is 0. The van der Waals surface area contributed by atoms with Gasteiger partial charge in [0.25, 0.3) is 0 Å². The van der Waals surface area contributed by atoms with E-state index in [4.69, 9.17) is 14.2 Å². The molecule has 0 N–H and O–H groups in total. The Morgan fingerprint density at radius 1 is 1.00 bits per heavy atom. The third-order valence-corrected chi connectivity index (χ3v) is 7.60. The molecule has 3 heterocycles. The molecule has 2 fully saturated rings. The van der Waals surface area contributed by atoms with Gasteiger partial charge in [-0.3, -0.25) is 4.79 Å². The highest BCUT2D eigenvalue weighted by atomic mass is 32.2. The SMILES string of the molecule is O=C(OCCOc1ccc(S(=O)(=O)N2CCOCC2)cc1)C1CCN(c2ncccn2)CC1. The lowest BCUT2D eigenvalue weighted by molar-refractivity contribution is -0.150. The van der Waals surface area contributed by atoms with E-state index in [0.717, 1.165) is 0 Å². The van der Waals surface area contributed by atoms with Crippen molar-refractivity contribution >= 4 is 21.9 Å². The minimum absolute atomic E-state index is 0.134. The van der Waals surface area contributed by atoms with Gasteiger partial charge in [0.1, 0.15) is 19.0 Å². The van der Waals surface area contributed by atoms with Crippen molar-refractivity contribution in [2.75, 3.05) is 57.5 Å². The number of carbonyl (C=O) groups is 1. The molecular weight excluding hydrogens is 448 g/mol. The molecule has 2 aliphatic rings. The summed E-state index contributed by atoms with van der Waals surface area (Å²) in [6.07, 6.45) is 4.80. The van der Waals surface area contributed by atoms with Crippen molar-refractivity contribution in [1.29, 1.82) is 0 Å². The van der Waals surface area contributed by atoms with Crippen LogP contribution in [0.2, 0.25) is 0 Å². The van der Waals surface area contributed by atoms with Crippen molar-refractivity contribution in [3.8, 4) is 5.75 Å². The predicted octanol–water partition coefficient (Wildman–Crippen LogP) is 1.34. The first-order valence-corrected chi connectivity index (χ1v) is 12.5. The van der Waals surface area contributed by atoms with Crippen molar-refractivity contribution in [2.45, 2.75) is 17.7 Å². The fourth-order valence-corrected chi connectivity index (χ4v) is 5.24. The summed E-state index contributed by atoms with van der Waals surface area (Å²) in [6.45, 7) is 3.25. The Balaban J connectivity index is 1.17. The first kappa shape index (κ1) is 23.4. The van der Waals surface area contributed by atoms with Crippen LogP contribution in [-0.4, -0.2) is 81.3 Å². The molecule has 11 heteroatoms. The number of anilines is 1. The zero-order valence-electron chi connectivity index (χ0n) is 18.3. The summed E-state index contributed by atoms with van der Waals surface area (Å²) < 4.78 is 42.9. The van der Waals surface area contributed by atoms with Gasteiger partial charge >= 0.3 is 5.97 Å². The maximum Gasteiger partial charge on any atom is 0.309 e. The molecule has 0 bridgehead atoms. The summed E-state index contributed by atoms with van der Waals surface area (Å²) in [4.78, 5) is 23.1. The summed E-state index contributed by atoms with van der Waals surface area (Å²) in [5.41, 5.74) is 0. The molecule has 33 heavy (non-hydrogen) atoms. The number of aromatic nitrogens is 2. The highest BCUT2D eigenvalue weighted by Crippen LogP contribution is 2.22. The van der Waals surface area contributed by atoms with Crippen LogP contribution < -0.4 is 9.64 Å². The van der Waals surface area contributed by atoms with Gasteiger partial charge in [0.2, 0.25) is 16.0 Å². The average molecular weight is 477 g/mol. The van der Waals surface area contributed by atoms with Crippen LogP contribution in [0, 0.1) is 5.92 Å². The minimum Gasteiger partial charge on any atom is -0.490 e. The number of sulfonamides is 1. The first-order chi connectivity index (χ1) is 16.0. The molecule has 178 valence electrons. The lowest BCUT2D eigenvalue weighted by atomic mass is 9.97. The molecule has 10 nitrogen and oxygen atoms in total. The molecule has 0 amide bonds. The van der Waals surface area contributed by atoms with E-state index in [-0.39, 0.29) is 30.0 Å². The van der Waals surface area contributed by atoms with Crippen LogP contribution in [0.4, 0.5) is 5.95 Å². The number of esters is 1. The highest BCUT2D eigenvalue weighted by Gasteiger charge is 2.28. The Morgan fingerprint density at radius 3 is 2.33 bits per heavy atom. The molecule has 0 radical (unpaired) electrons. The van der Waals surface area contributed by atoms with E-state index in [1.807, 2.05) is 0 Å². The highest BCUT2D eigenvalue weighted by molar-refractivity contribution is 7.89. The summed E-state index contributed by atoms with van der Waals surface area (Å²) in [5.74, 6) is 0.832.